The number of rotatable bonds is 4. The van der Waals surface area contributed by atoms with Gasteiger partial charge in [-0.3, -0.25) is 0 Å². The van der Waals surface area contributed by atoms with Crippen LogP contribution in [0.1, 0.15) is 18.5 Å². The lowest BCUT2D eigenvalue weighted by molar-refractivity contribution is -0.174. The maximum absolute atomic E-state index is 13.7. The van der Waals surface area contributed by atoms with Crippen molar-refractivity contribution in [2.24, 2.45) is 5.73 Å². The molecular formula is C11H12BrCl2F2NO2. The molecule has 0 amide bonds. The lowest BCUT2D eigenvalue weighted by atomic mass is 10.0. The van der Waals surface area contributed by atoms with E-state index in [0.29, 0.717) is 9.50 Å². The first-order chi connectivity index (χ1) is 8.30. The van der Waals surface area contributed by atoms with Gasteiger partial charge >= 0.3 is 11.9 Å². The number of benzene rings is 1. The van der Waals surface area contributed by atoms with Crippen molar-refractivity contribution in [3.63, 3.8) is 0 Å². The second-order valence-electron chi connectivity index (χ2n) is 3.49. The Morgan fingerprint density at radius 2 is 2.16 bits per heavy atom. The molecule has 0 aromatic heterocycles. The summed E-state index contributed by atoms with van der Waals surface area (Å²) in [4.78, 5) is 11.2. The van der Waals surface area contributed by atoms with Gasteiger partial charge in [0.05, 0.1) is 6.61 Å². The molecule has 0 aliphatic rings. The van der Waals surface area contributed by atoms with Crippen molar-refractivity contribution in [1.82, 2.24) is 0 Å². The van der Waals surface area contributed by atoms with Gasteiger partial charge < -0.3 is 10.5 Å². The molecule has 1 aromatic carbocycles. The number of alkyl halides is 2. The monoisotopic (exact) mass is 377 g/mol. The largest absolute Gasteiger partial charge is 0.462 e. The SMILES string of the molecule is CCOC(=O)C(F)(F)[C@H](N)c1ccc(Cl)cc1Br.Cl. The van der Waals surface area contributed by atoms with Gasteiger partial charge in [-0.2, -0.15) is 8.78 Å². The zero-order chi connectivity index (χ0) is 13.9. The topological polar surface area (TPSA) is 52.3 Å². The lowest BCUT2D eigenvalue weighted by Crippen LogP contribution is -2.41. The molecule has 2 N–H and O–H groups in total. The summed E-state index contributed by atoms with van der Waals surface area (Å²) in [5.41, 5.74) is 5.51. The van der Waals surface area contributed by atoms with Crippen LogP contribution in [-0.4, -0.2) is 18.5 Å². The third-order valence-corrected chi connectivity index (χ3v) is 3.16. The van der Waals surface area contributed by atoms with Crippen molar-refractivity contribution in [2.45, 2.75) is 18.9 Å². The van der Waals surface area contributed by atoms with Gasteiger partial charge in [0.15, 0.2) is 0 Å². The van der Waals surface area contributed by atoms with E-state index < -0.39 is 17.9 Å². The Balaban J connectivity index is 0.00000324. The maximum Gasteiger partial charge on any atom is 0.379 e. The van der Waals surface area contributed by atoms with Crippen LogP contribution in [-0.2, 0) is 9.53 Å². The fourth-order valence-electron chi connectivity index (χ4n) is 1.30. The van der Waals surface area contributed by atoms with Crippen LogP contribution in [0.5, 0.6) is 0 Å². The molecule has 8 heteroatoms. The van der Waals surface area contributed by atoms with E-state index in [1.54, 1.807) is 0 Å². The Kier molecular flexibility index (Phi) is 7.21. The third-order valence-electron chi connectivity index (χ3n) is 2.24. The Morgan fingerprint density at radius 3 is 2.63 bits per heavy atom. The van der Waals surface area contributed by atoms with Crippen LogP contribution >= 0.6 is 39.9 Å². The zero-order valence-corrected chi connectivity index (χ0v) is 13.0. The van der Waals surface area contributed by atoms with Gasteiger partial charge in [-0.1, -0.05) is 33.6 Å². The summed E-state index contributed by atoms with van der Waals surface area (Å²) >= 11 is 8.78. The summed E-state index contributed by atoms with van der Waals surface area (Å²) in [6.45, 7) is 1.31. The Hall–Kier alpha value is -0.430. The molecule has 1 atom stereocenters. The molecule has 3 nitrogen and oxygen atoms in total. The first-order valence-electron chi connectivity index (χ1n) is 5.06. The van der Waals surface area contributed by atoms with Gasteiger partial charge in [0.25, 0.3) is 0 Å². The van der Waals surface area contributed by atoms with Crippen molar-refractivity contribution >= 4 is 45.9 Å². The fraction of sp³-hybridized carbons (Fsp3) is 0.364. The summed E-state index contributed by atoms with van der Waals surface area (Å²) in [7, 11) is 0. The molecule has 0 aliphatic heterocycles. The summed E-state index contributed by atoms with van der Waals surface area (Å²) in [5.74, 6) is -5.44. The van der Waals surface area contributed by atoms with E-state index in [-0.39, 0.29) is 24.6 Å². The van der Waals surface area contributed by atoms with Crippen molar-refractivity contribution in [1.29, 1.82) is 0 Å². The number of hydrogen-bond donors (Lipinski definition) is 1. The van der Waals surface area contributed by atoms with Gasteiger partial charge in [-0.15, -0.1) is 12.4 Å². The minimum atomic E-state index is -3.80. The Morgan fingerprint density at radius 1 is 1.58 bits per heavy atom. The number of halogens is 5. The molecule has 0 unspecified atom stereocenters. The summed E-state index contributed by atoms with van der Waals surface area (Å²) < 4.78 is 32.0. The van der Waals surface area contributed by atoms with E-state index in [0.717, 1.165) is 0 Å². The van der Waals surface area contributed by atoms with Gasteiger partial charge in [-0.05, 0) is 24.6 Å². The molecule has 0 fully saturated rings. The van der Waals surface area contributed by atoms with Crippen LogP contribution < -0.4 is 5.73 Å². The average molecular weight is 379 g/mol. The second-order valence-corrected chi connectivity index (χ2v) is 4.78. The number of hydrogen-bond acceptors (Lipinski definition) is 3. The number of carbonyl (C=O) groups excluding carboxylic acids is 1. The molecule has 0 bridgehead atoms. The van der Waals surface area contributed by atoms with Crippen molar-refractivity contribution in [3.05, 3.63) is 33.3 Å². The fourth-order valence-corrected chi connectivity index (χ4v) is 2.23. The highest BCUT2D eigenvalue weighted by Gasteiger charge is 2.48. The minimum Gasteiger partial charge on any atom is -0.462 e. The number of nitrogens with two attached hydrogens (primary N) is 1. The van der Waals surface area contributed by atoms with Gasteiger partial charge in [-0.25, -0.2) is 4.79 Å². The van der Waals surface area contributed by atoms with Crippen molar-refractivity contribution in [2.75, 3.05) is 6.61 Å². The second kappa shape index (κ2) is 7.38. The number of ether oxygens (including phenoxy) is 1. The molecule has 0 radical (unpaired) electrons. The lowest BCUT2D eigenvalue weighted by Gasteiger charge is -2.22. The first-order valence-corrected chi connectivity index (χ1v) is 6.23. The first kappa shape index (κ1) is 18.6. The number of carbonyl (C=O) groups is 1. The van der Waals surface area contributed by atoms with E-state index in [9.17, 15) is 13.6 Å². The van der Waals surface area contributed by atoms with Crippen LogP contribution in [0.3, 0.4) is 0 Å². The zero-order valence-electron chi connectivity index (χ0n) is 9.83. The number of esters is 1. The van der Waals surface area contributed by atoms with E-state index in [2.05, 4.69) is 20.7 Å². The van der Waals surface area contributed by atoms with Crippen LogP contribution in [0.4, 0.5) is 8.78 Å². The van der Waals surface area contributed by atoms with Gasteiger partial charge in [0.2, 0.25) is 0 Å². The highest BCUT2D eigenvalue weighted by molar-refractivity contribution is 9.10. The maximum atomic E-state index is 13.7. The normalized spacial score (nSPS) is 12.5. The minimum absolute atomic E-state index is 0. The predicted octanol–water partition coefficient (Wildman–Crippen LogP) is 3.72. The van der Waals surface area contributed by atoms with Crippen LogP contribution in [0, 0.1) is 0 Å². The predicted molar refractivity (Wildman–Crippen MR) is 74.9 cm³/mol. The van der Waals surface area contributed by atoms with Gasteiger partial charge in [0, 0.05) is 9.50 Å². The molecule has 0 saturated carbocycles. The molecular weight excluding hydrogens is 367 g/mol. The van der Waals surface area contributed by atoms with E-state index in [4.69, 9.17) is 17.3 Å². The summed E-state index contributed by atoms with van der Waals surface area (Å²) in [6.07, 6.45) is 0. The molecule has 0 heterocycles. The molecule has 1 rings (SSSR count). The molecule has 108 valence electrons. The standard InChI is InChI=1S/C11H11BrClF2NO2.ClH/c1-2-18-10(17)11(14,15)9(16)7-4-3-6(13)5-8(7)12;/h3-5,9H,2,16H2,1H3;1H/t9-;/m1./s1. The van der Waals surface area contributed by atoms with E-state index >= 15 is 0 Å². The Bertz CT molecular complexity index is 460. The molecule has 19 heavy (non-hydrogen) atoms. The van der Waals surface area contributed by atoms with E-state index in [1.165, 1.54) is 25.1 Å². The molecule has 0 saturated heterocycles. The van der Waals surface area contributed by atoms with Crippen LogP contribution in [0.15, 0.2) is 22.7 Å². The van der Waals surface area contributed by atoms with Crippen molar-refractivity contribution < 1.29 is 18.3 Å². The third kappa shape index (κ3) is 4.27. The quantitative estimate of drug-likeness (QED) is 0.812. The van der Waals surface area contributed by atoms with E-state index in [1.807, 2.05) is 0 Å². The van der Waals surface area contributed by atoms with Gasteiger partial charge in [0.1, 0.15) is 6.04 Å². The highest BCUT2D eigenvalue weighted by atomic mass is 79.9. The van der Waals surface area contributed by atoms with Crippen LogP contribution in [0.2, 0.25) is 5.02 Å². The van der Waals surface area contributed by atoms with Crippen molar-refractivity contribution in [3.8, 4) is 0 Å². The molecule has 0 aliphatic carbocycles. The average Bonchev–Trinajstić information content (AvgIpc) is 2.28. The Labute approximate surface area is 129 Å². The molecule has 0 spiro atoms. The summed E-state index contributed by atoms with van der Waals surface area (Å²) in [5, 5.41) is 0.372. The van der Waals surface area contributed by atoms with Crippen LogP contribution in [0.25, 0.3) is 0 Å². The molecule has 1 aromatic rings. The summed E-state index contributed by atoms with van der Waals surface area (Å²) in [6, 6.07) is 2.38. The highest BCUT2D eigenvalue weighted by Crippen LogP contribution is 2.35. The smallest absolute Gasteiger partial charge is 0.379 e.